The monoisotopic (exact) mass is 385 g/mol. The van der Waals surface area contributed by atoms with Crippen LogP contribution in [0.25, 0.3) is 11.0 Å². The Bertz CT molecular complexity index is 1040. The lowest BCUT2D eigenvalue weighted by Crippen LogP contribution is -2.45. The van der Waals surface area contributed by atoms with Gasteiger partial charge in [0.25, 0.3) is 5.91 Å². The van der Waals surface area contributed by atoms with Crippen LogP contribution in [-0.2, 0) is 0 Å². The molecule has 1 unspecified atom stereocenters. The summed E-state index contributed by atoms with van der Waals surface area (Å²) in [5.74, 6) is -0.361. The van der Waals surface area contributed by atoms with Crippen molar-refractivity contribution >= 4 is 28.5 Å². The summed E-state index contributed by atoms with van der Waals surface area (Å²) >= 11 is 5.77. The van der Waals surface area contributed by atoms with Gasteiger partial charge in [-0.15, -0.1) is 0 Å². The summed E-state index contributed by atoms with van der Waals surface area (Å²) < 4.78 is 11.0. The molecule has 138 valence electrons. The molecule has 7 nitrogen and oxygen atoms in total. The summed E-state index contributed by atoms with van der Waals surface area (Å²) in [4.78, 5) is 34.7. The number of carbonyl (C=O) groups excluding carboxylic acids is 1. The van der Waals surface area contributed by atoms with Gasteiger partial charge >= 0.3 is 11.6 Å². The molecule has 8 heteroatoms. The number of hydrogen-bond acceptors (Lipinski definition) is 6. The fourth-order valence-corrected chi connectivity index (χ4v) is 3.21. The van der Waals surface area contributed by atoms with Crippen molar-refractivity contribution in [1.29, 1.82) is 0 Å². The molecule has 0 N–H and O–H groups in total. The lowest BCUT2D eigenvalue weighted by molar-refractivity contribution is 0.0512. The topological polar surface area (TPSA) is 85.5 Å². The van der Waals surface area contributed by atoms with Crippen LogP contribution in [0, 0.1) is 0 Å². The molecule has 0 spiro atoms. The summed E-state index contributed by atoms with van der Waals surface area (Å²) in [5, 5.41) is 1.13. The molecule has 1 aliphatic rings. The summed E-state index contributed by atoms with van der Waals surface area (Å²) in [6.45, 7) is 0.892. The number of piperidine rings is 1. The number of fused-ring (bicyclic) bond motifs is 1. The van der Waals surface area contributed by atoms with E-state index >= 15 is 0 Å². The third-order valence-corrected chi connectivity index (χ3v) is 4.60. The molecule has 3 heterocycles. The maximum Gasteiger partial charge on any atom is 0.349 e. The van der Waals surface area contributed by atoms with Crippen LogP contribution in [0.4, 0.5) is 0 Å². The Morgan fingerprint density at radius 2 is 2.04 bits per heavy atom. The van der Waals surface area contributed by atoms with E-state index in [2.05, 4.69) is 9.97 Å². The van der Waals surface area contributed by atoms with Crippen molar-refractivity contribution in [3.8, 4) is 6.01 Å². The molecular weight excluding hydrogens is 370 g/mol. The van der Waals surface area contributed by atoms with Gasteiger partial charge in [0, 0.05) is 11.9 Å². The maximum atomic E-state index is 12.9. The van der Waals surface area contributed by atoms with Crippen molar-refractivity contribution in [2.75, 3.05) is 13.1 Å². The van der Waals surface area contributed by atoms with E-state index in [1.165, 1.54) is 12.4 Å². The van der Waals surface area contributed by atoms with E-state index < -0.39 is 5.63 Å². The number of carbonyl (C=O) groups is 1. The van der Waals surface area contributed by atoms with E-state index in [0.29, 0.717) is 29.1 Å². The number of aromatic nitrogens is 2. The van der Waals surface area contributed by atoms with Crippen molar-refractivity contribution in [1.82, 2.24) is 14.9 Å². The molecule has 1 amide bonds. The minimum absolute atomic E-state index is 0.0251. The van der Waals surface area contributed by atoms with E-state index in [1.807, 2.05) is 6.07 Å². The van der Waals surface area contributed by atoms with Crippen molar-refractivity contribution in [2.24, 2.45) is 0 Å². The minimum Gasteiger partial charge on any atom is -0.458 e. The normalized spacial score (nSPS) is 17.1. The molecular formula is C19H16ClN3O4. The number of rotatable bonds is 3. The third-order valence-electron chi connectivity index (χ3n) is 4.41. The fourth-order valence-electron chi connectivity index (χ4n) is 3.11. The number of benzene rings is 1. The Balaban J connectivity index is 1.52. The number of likely N-dealkylation sites (tertiary alicyclic amines) is 1. The second kappa shape index (κ2) is 7.36. The second-order valence-electron chi connectivity index (χ2n) is 6.30. The Kier molecular flexibility index (Phi) is 4.77. The lowest BCUT2D eigenvalue weighted by atomic mass is 10.1. The van der Waals surface area contributed by atoms with Crippen LogP contribution >= 0.6 is 11.6 Å². The molecule has 1 aromatic carbocycles. The first kappa shape index (κ1) is 17.5. The van der Waals surface area contributed by atoms with Gasteiger partial charge in [0.2, 0.25) is 0 Å². The average Bonchev–Trinajstić information content (AvgIpc) is 2.69. The van der Waals surface area contributed by atoms with Crippen LogP contribution in [0.3, 0.4) is 0 Å². The highest BCUT2D eigenvalue weighted by Crippen LogP contribution is 2.19. The molecule has 0 radical (unpaired) electrons. The van der Waals surface area contributed by atoms with E-state index in [0.717, 1.165) is 12.8 Å². The fraction of sp³-hybridized carbons (Fsp3) is 0.263. The largest absolute Gasteiger partial charge is 0.458 e. The van der Waals surface area contributed by atoms with Gasteiger partial charge in [-0.2, -0.15) is 0 Å². The van der Waals surface area contributed by atoms with Crippen LogP contribution in [0.1, 0.15) is 23.2 Å². The Morgan fingerprint density at radius 3 is 2.85 bits per heavy atom. The van der Waals surface area contributed by atoms with Gasteiger partial charge in [-0.25, -0.2) is 14.8 Å². The smallest absolute Gasteiger partial charge is 0.349 e. The highest BCUT2D eigenvalue weighted by atomic mass is 35.5. The molecule has 0 aliphatic carbocycles. The summed E-state index contributed by atoms with van der Waals surface area (Å²) in [6.07, 6.45) is 4.17. The van der Waals surface area contributed by atoms with Gasteiger partial charge in [0.05, 0.1) is 24.0 Å². The van der Waals surface area contributed by atoms with Crippen LogP contribution in [0.2, 0.25) is 5.02 Å². The third kappa shape index (κ3) is 3.78. The van der Waals surface area contributed by atoms with Crippen LogP contribution in [-0.4, -0.2) is 40.0 Å². The highest BCUT2D eigenvalue weighted by Gasteiger charge is 2.28. The maximum absolute atomic E-state index is 12.9. The molecule has 0 saturated carbocycles. The predicted molar refractivity (Wildman–Crippen MR) is 99.1 cm³/mol. The molecule has 4 rings (SSSR count). The van der Waals surface area contributed by atoms with Gasteiger partial charge in [0.15, 0.2) is 0 Å². The minimum atomic E-state index is -0.636. The quantitative estimate of drug-likeness (QED) is 0.644. The standard InChI is InChI=1S/C19H16ClN3O4/c20-13-9-21-19(22-10-13)26-14-5-3-7-23(11-14)17(24)15-8-12-4-1-2-6-16(12)27-18(15)25/h1-2,4,6,8-10,14H,3,5,7,11H2. The van der Waals surface area contributed by atoms with E-state index in [4.69, 9.17) is 20.8 Å². The number of ether oxygens (including phenoxy) is 1. The average molecular weight is 386 g/mol. The van der Waals surface area contributed by atoms with Gasteiger partial charge in [-0.1, -0.05) is 29.8 Å². The van der Waals surface area contributed by atoms with Gasteiger partial charge in [-0.3, -0.25) is 4.79 Å². The first-order chi connectivity index (χ1) is 13.1. The van der Waals surface area contributed by atoms with E-state index in [1.54, 1.807) is 29.2 Å². The SMILES string of the molecule is O=C(c1cc2ccccc2oc1=O)N1CCCC(Oc2ncc(Cl)cn2)C1. The molecule has 27 heavy (non-hydrogen) atoms. The number of amides is 1. The zero-order chi connectivity index (χ0) is 18.8. The molecule has 2 aromatic heterocycles. The van der Waals surface area contributed by atoms with Crippen LogP contribution in [0.15, 0.2) is 51.9 Å². The lowest BCUT2D eigenvalue weighted by Gasteiger charge is -2.32. The highest BCUT2D eigenvalue weighted by molar-refractivity contribution is 6.30. The summed E-state index contributed by atoms with van der Waals surface area (Å²) in [6, 6.07) is 8.89. The van der Waals surface area contributed by atoms with Gasteiger partial charge in [-0.05, 0) is 25.0 Å². The molecule has 3 aromatic rings. The van der Waals surface area contributed by atoms with Crippen molar-refractivity contribution in [2.45, 2.75) is 18.9 Å². The number of nitrogens with zero attached hydrogens (tertiary/aromatic N) is 3. The summed E-state index contributed by atoms with van der Waals surface area (Å²) in [5.41, 5.74) is -0.154. The summed E-state index contributed by atoms with van der Waals surface area (Å²) in [7, 11) is 0. The number of halogens is 1. The molecule has 1 atom stereocenters. The Hall–Kier alpha value is -2.93. The van der Waals surface area contributed by atoms with Gasteiger partial charge in [0.1, 0.15) is 17.3 Å². The Labute approximate surface area is 159 Å². The van der Waals surface area contributed by atoms with E-state index in [-0.39, 0.29) is 23.6 Å². The van der Waals surface area contributed by atoms with Crippen molar-refractivity contribution < 1.29 is 13.9 Å². The van der Waals surface area contributed by atoms with Crippen LogP contribution in [0.5, 0.6) is 6.01 Å². The first-order valence-electron chi connectivity index (χ1n) is 8.56. The molecule has 1 saturated heterocycles. The molecule has 0 bridgehead atoms. The number of hydrogen-bond donors (Lipinski definition) is 0. The van der Waals surface area contributed by atoms with Crippen molar-refractivity contribution in [3.63, 3.8) is 0 Å². The van der Waals surface area contributed by atoms with E-state index in [9.17, 15) is 9.59 Å². The zero-order valence-electron chi connectivity index (χ0n) is 14.3. The number of para-hydroxylation sites is 1. The van der Waals surface area contributed by atoms with Crippen molar-refractivity contribution in [3.05, 3.63) is 63.7 Å². The zero-order valence-corrected chi connectivity index (χ0v) is 15.1. The molecule has 1 fully saturated rings. The Morgan fingerprint density at radius 1 is 1.26 bits per heavy atom. The second-order valence-corrected chi connectivity index (χ2v) is 6.74. The predicted octanol–water partition coefficient (Wildman–Crippen LogP) is 2.92. The molecule has 1 aliphatic heterocycles. The first-order valence-corrected chi connectivity index (χ1v) is 8.94. The van der Waals surface area contributed by atoms with Gasteiger partial charge < -0.3 is 14.1 Å². The van der Waals surface area contributed by atoms with Crippen LogP contribution < -0.4 is 10.4 Å².